The Morgan fingerprint density at radius 1 is 0.810 bits per heavy atom. The Kier molecular flexibility index (Phi) is 3.48. The van der Waals surface area contributed by atoms with E-state index in [1.807, 2.05) is 66.7 Å². The maximum Gasteiger partial charge on any atom is 0.148 e. The van der Waals surface area contributed by atoms with Gasteiger partial charge in [0.2, 0.25) is 0 Å². The molecule has 0 spiro atoms. The van der Waals surface area contributed by atoms with Crippen LogP contribution in [-0.2, 0) is 5.60 Å². The van der Waals surface area contributed by atoms with Gasteiger partial charge in [-0.15, -0.1) is 0 Å². The van der Waals surface area contributed by atoms with E-state index in [0.29, 0.717) is 0 Å². The van der Waals surface area contributed by atoms with Gasteiger partial charge in [0.15, 0.2) is 0 Å². The van der Waals surface area contributed by atoms with Gasteiger partial charge < -0.3 is 5.11 Å². The van der Waals surface area contributed by atoms with Crippen molar-refractivity contribution < 1.29 is 5.11 Å². The topological polar surface area (TPSA) is 20.2 Å². The van der Waals surface area contributed by atoms with Gasteiger partial charge in [0, 0.05) is 5.56 Å². The van der Waals surface area contributed by atoms with Gasteiger partial charge in [0.25, 0.3) is 0 Å². The van der Waals surface area contributed by atoms with Crippen LogP contribution in [0.15, 0.2) is 72.8 Å². The minimum atomic E-state index is -1.17. The summed E-state index contributed by atoms with van der Waals surface area (Å²) in [6, 6.07) is 23.7. The Morgan fingerprint density at radius 3 is 2.24 bits per heavy atom. The molecule has 0 heterocycles. The summed E-state index contributed by atoms with van der Waals surface area (Å²) >= 11 is 0. The maximum atomic E-state index is 10.6. The second-order valence-electron chi connectivity index (χ2n) is 5.25. The fourth-order valence-corrected chi connectivity index (χ4v) is 2.28. The first kappa shape index (κ1) is 13.4. The van der Waals surface area contributed by atoms with Crippen LogP contribution < -0.4 is 0 Å². The van der Waals surface area contributed by atoms with E-state index < -0.39 is 5.60 Å². The Hall–Kier alpha value is -2.56. The average Bonchev–Trinajstić information content (AvgIpc) is 2.53. The Labute approximate surface area is 124 Å². The normalized spacial score (nSPS) is 13.2. The van der Waals surface area contributed by atoms with Crippen molar-refractivity contribution in [2.24, 2.45) is 0 Å². The molecule has 3 rings (SSSR count). The molecule has 102 valence electrons. The van der Waals surface area contributed by atoms with Gasteiger partial charge in [-0.25, -0.2) is 0 Å². The molecule has 0 amide bonds. The summed E-state index contributed by atoms with van der Waals surface area (Å²) in [5.41, 5.74) is 0.544. The lowest BCUT2D eigenvalue weighted by Crippen LogP contribution is -2.18. The first-order valence-electron chi connectivity index (χ1n) is 6.95. The minimum absolute atomic E-state index is 0.810. The zero-order valence-corrected chi connectivity index (χ0v) is 11.9. The highest BCUT2D eigenvalue weighted by atomic mass is 16.3. The largest absolute Gasteiger partial charge is 0.374 e. The summed E-state index contributed by atoms with van der Waals surface area (Å²) in [6.45, 7) is 1.73. The SMILES string of the molecule is CC(O)(C#Cc1ccccc1)c1ccc2ccccc2c1. The van der Waals surface area contributed by atoms with Crippen molar-refractivity contribution in [2.45, 2.75) is 12.5 Å². The lowest BCUT2D eigenvalue weighted by atomic mass is 9.94. The van der Waals surface area contributed by atoms with Gasteiger partial charge in [-0.3, -0.25) is 0 Å². The van der Waals surface area contributed by atoms with Crippen molar-refractivity contribution in [1.82, 2.24) is 0 Å². The number of rotatable bonds is 1. The standard InChI is InChI=1S/C20H16O/c1-20(21,14-13-16-7-3-2-4-8-16)19-12-11-17-9-5-6-10-18(17)15-19/h2-12,15,21H,1H3. The summed E-state index contributed by atoms with van der Waals surface area (Å²) in [4.78, 5) is 0. The highest BCUT2D eigenvalue weighted by Crippen LogP contribution is 2.24. The van der Waals surface area contributed by atoms with Gasteiger partial charge in [-0.2, -0.15) is 0 Å². The zero-order valence-electron chi connectivity index (χ0n) is 11.9. The van der Waals surface area contributed by atoms with Crippen LogP contribution in [0.5, 0.6) is 0 Å². The molecule has 1 N–H and O–H groups in total. The fraction of sp³-hybridized carbons (Fsp3) is 0.100. The lowest BCUT2D eigenvalue weighted by molar-refractivity contribution is 0.122. The third-order valence-electron chi connectivity index (χ3n) is 3.54. The molecule has 1 nitrogen and oxygen atoms in total. The van der Waals surface area contributed by atoms with E-state index in [2.05, 4.69) is 17.9 Å². The molecule has 1 atom stereocenters. The maximum absolute atomic E-state index is 10.6. The van der Waals surface area contributed by atoms with Gasteiger partial charge in [-0.05, 0) is 41.5 Å². The summed E-state index contributed by atoms with van der Waals surface area (Å²) in [7, 11) is 0. The average molecular weight is 272 g/mol. The third kappa shape index (κ3) is 2.97. The number of fused-ring (bicyclic) bond motifs is 1. The minimum Gasteiger partial charge on any atom is -0.374 e. The molecule has 3 aromatic rings. The molecule has 0 saturated carbocycles. The number of aliphatic hydroxyl groups is 1. The lowest BCUT2D eigenvalue weighted by Gasteiger charge is -2.17. The fourth-order valence-electron chi connectivity index (χ4n) is 2.28. The smallest absolute Gasteiger partial charge is 0.148 e. The van der Waals surface area contributed by atoms with Crippen LogP contribution in [0, 0.1) is 11.8 Å². The van der Waals surface area contributed by atoms with Crippen LogP contribution >= 0.6 is 0 Å². The van der Waals surface area contributed by atoms with E-state index in [1.54, 1.807) is 6.92 Å². The number of benzene rings is 3. The van der Waals surface area contributed by atoms with E-state index in [0.717, 1.165) is 21.9 Å². The van der Waals surface area contributed by atoms with Crippen LogP contribution in [0.2, 0.25) is 0 Å². The van der Waals surface area contributed by atoms with Crippen LogP contribution in [0.3, 0.4) is 0 Å². The molecule has 0 fully saturated rings. The molecule has 0 saturated heterocycles. The second-order valence-corrected chi connectivity index (χ2v) is 5.25. The van der Waals surface area contributed by atoms with E-state index >= 15 is 0 Å². The van der Waals surface area contributed by atoms with Crippen molar-refractivity contribution in [3.8, 4) is 11.8 Å². The quantitative estimate of drug-likeness (QED) is 0.661. The Bertz CT molecular complexity index is 820. The molecule has 1 heteroatoms. The van der Waals surface area contributed by atoms with Gasteiger partial charge in [-0.1, -0.05) is 66.4 Å². The molecule has 3 aromatic carbocycles. The van der Waals surface area contributed by atoms with Crippen LogP contribution in [-0.4, -0.2) is 5.11 Å². The molecule has 21 heavy (non-hydrogen) atoms. The van der Waals surface area contributed by atoms with E-state index in [9.17, 15) is 5.11 Å². The molecule has 1 unspecified atom stereocenters. The summed E-state index contributed by atoms with van der Waals surface area (Å²) in [5.74, 6) is 5.99. The molecule has 0 bridgehead atoms. The zero-order chi connectivity index (χ0) is 14.7. The monoisotopic (exact) mass is 272 g/mol. The van der Waals surface area contributed by atoms with Gasteiger partial charge in [0.1, 0.15) is 5.60 Å². The highest BCUT2D eigenvalue weighted by molar-refractivity contribution is 5.83. The van der Waals surface area contributed by atoms with E-state index in [1.165, 1.54) is 0 Å². The number of hydrogen-bond acceptors (Lipinski definition) is 1. The summed E-state index contributed by atoms with van der Waals surface area (Å²) in [5, 5.41) is 12.9. The number of hydrogen-bond donors (Lipinski definition) is 1. The first-order valence-corrected chi connectivity index (χ1v) is 6.95. The van der Waals surface area contributed by atoms with Crippen molar-refractivity contribution in [1.29, 1.82) is 0 Å². The third-order valence-corrected chi connectivity index (χ3v) is 3.54. The van der Waals surface area contributed by atoms with Crippen LogP contribution in [0.1, 0.15) is 18.1 Å². The molecule has 0 aliphatic rings. The summed E-state index contributed by atoms with van der Waals surface area (Å²) in [6.07, 6.45) is 0. The van der Waals surface area contributed by atoms with Crippen molar-refractivity contribution >= 4 is 10.8 Å². The van der Waals surface area contributed by atoms with Crippen molar-refractivity contribution in [2.75, 3.05) is 0 Å². The van der Waals surface area contributed by atoms with E-state index in [4.69, 9.17) is 0 Å². The van der Waals surface area contributed by atoms with Crippen LogP contribution in [0.25, 0.3) is 10.8 Å². The first-order chi connectivity index (χ1) is 10.1. The second kappa shape index (κ2) is 5.44. The van der Waals surface area contributed by atoms with E-state index in [-0.39, 0.29) is 0 Å². The Morgan fingerprint density at radius 2 is 1.48 bits per heavy atom. The molecular formula is C20H16O. The predicted octanol–water partition coefficient (Wildman–Crippen LogP) is 4.10. The molecule has 0 aliphatic carbocycles. The highest BCUT2D eigenvalue weighted by Gasteiger charge is 2.20. The summed E-state index contributed by atoms with van der Waals surface area (Å²) < 4.78 is 0. The Balaban J connectivity index is 1.98. The molecule has 0 radical (unpaired) electrons. The van der Waals surface area contributed by atoms with Crippen LogP contribution in [0.4, 0.5) is 0 Å². The molecular weight excluding hydrogens is 256 g/mol. The van der Waals surface area contributed by atoms with Gasteiger partial charge >= 0.3 is 0 Å². The van der Waals surface area contributed by atoms with Gasteiger partial charge in [0.05, 0.1) is 0 Å². The van der Waals surface area contributed by atoms with Crippen molar-refractivity contribution in [3.63, 3.8) is 0 Å². The molecule has 0 aromatic heterocycles. The molecule has 0 aliphatic heterocycles. The predicted molar refractivity (Wildman–Crippen MR) is 86.8 cm³/mol. The van der Waals surface area contributed by atoms with Crippen molar-refractivity contribution in [3.05, 3.63) is 83.9 Å².